The Kier molecular flexibility index (Phi) is 2.83. The molecule has 1 aromatic heterocycles. The number of ether oxygens (including phenoxy) is 1. The van der Waals surface area contributed by atoms with Crippen molar-refractivity contribution < 1.29 is 9.84 Å². The van der Waals surface area contributed by atoms with Crippen molar-refractivity contribution in [1.82, 2.24) is 0 Å². The number of thiophene rings is 1. The van der Waals surface area contributed by atoms with Crippen LogP contribution < -0.4 is 4.74 Å². The molecular formula is C10H9IO2S. The molecule has 0 unspecified atom stereocenters. The summed E-state index contributed by atoms with van der Waals surface area (Å²) in [6.07, 6.45) is 0. The summed E-state index contributed by atoms with van der Waals surface area (Å²) in [4.78, 5) is 0. The number of rotatable bonds is 2. The molecule has 0 radical (unpaired) electrons. The minimum absolute atomic E-state index is 0.328. The molecule has 1 aromatic carbocycles. The molecule has 2 rings (SSSR count). The van der Waals surface area contributed by atoms with Gasteiger partial charge in [-0.1, -0.05) is 17.4 Å². The number of aromatic hydroxyl groups is 1. The highest BCUT2D eigenvalue weighted by molar-refractivity contribution is 14.1. The van der Waals surface area contributed by atoms with Crippen molar-refractivity contribution in [2.45, 2.75) is 6.92 Å². The maximum atomic E-state index is 9.68. The largest absolute Gasteiger partial charge is 0.507 e. The number of fused-ring (bicyclic) bond motifs is 1. The van der Waals surface area contributed by atoms with Crippen molar-refractivity contribution in [2.24, 2.45) is 0 Å². The van der Waals surface area contributed by atoms with Crippen LogP contribution in [0.15, 0.2) is 18.2 Å². The number of hydrogen-bond acceptors (Lipinski definition) is 3. The Bertz CT molecular complexity index is 464. The second-order valence-electron chi connectivity index (χ2n) is 2.79. The van der Waals surface area contributed by atoms with Crippen LogP contribution in [0.1, 0.15) is 6.92 Å². The minimum Gasteiger partial charge on any atom is -0.507 e. The number of phenols is 1. The van der Waals surface area contributed by atoms with Gasteiger partial charge in [0.25, 0.3) is 0 Å². The van der Waals surface area contributed by atoms with Crippen LogP contribution in [-0.2, 0) is 0 Å². The maximum Gasteiger partial charge on any atom is 0.188 e. The molecule has 74 valence electrons. The van der Waals surface area contributed by atoms with E-state index < -0.39 is 0 Å². The van der Waals surface area contributed by atoms with Gasteiger partial charge in [0.15, 0.2) is 5.06 Å². The average Bonchev–Trinajstić information content (AvgIpc) is 2.46. The maximum absolute atomic E-state index is 9.68. The first-order chi connectivity index (χ1) is 6.74. The molecular weight excluding hydrogens is 311 g/mol. The molecule has 0 aliphatic carbocycles. The molecule has 0 saturated heterocycles. The van der Waals surface area contributed by atoms with Crippen molar-refractivity contribution in [3.8, 4) is 10.8 Å². The summed E-state index contributed by atoms with van der Waals surface area (Å²) in [5.74, 6) is 0.328. The highest BCUT2D eigenvalue weighted by atomic mass is 127. The quantitative estimate of drug-likeness (QED) is 0.857. The minimum atomic E-state index is 0.328. The van der Waals surface area contributed by atoms with Gasteiger partial charge >= 0.3 is 0 Å². The van der Waals surface area contributed by atoms with Gasteiger partial charge in [-0.2, -0.15) is 0 Å². The standard InChI is InChI=1S/C10H9IO2S/c1-2-13-10-9(11)8-6(12)4-3-5-7(8)14-10/h3-5,12H,2H2,1H3. The molecule has 0 bridgehead atoms. The van der Waals surface area contributed by atoms with Crippen LogP contribution in [0.2, 0.25) is 0 Å². The zero-order valence-corrected chi connectivity index (χ0v) is 10.6. The van der Waals surface area contributed by atoms with Gasteiger partial charge in [-0.15, -0.1) is 0 Å². The Labute approximate surface area is 99.7 Å². The molecule has 1 heterocycles. The normalized spacial score (nSPS) is 10.7. The highest BCUT2D eigenvalue weighted by Gasteiger charge is 2.13. The first-order valence-corrected chi connectivity index (χ1v) is 6.16. The average molecular weight is 320 g/mol. The Hall–Kier alpha value is -0.490. The number of halogens is 1. The van der Waals surface area contributed by atoms with E-state index in [0.717, 1.165) is 18.7 Å². The van der Waals surface area contributed by atoms with Crippen molar-refractivity contribution in [1.29, 1.82) is 0 Å². The Morgan fingerprint density at radius 1 is 1.50 bits per heavy atom. The molecule has 4 heteroatoms. The summed E-state index contributed by atoms with van der Waals surface area (Å²) < 4.78 is 7.55. The zero-order valence-electron chi connectivity index (χ0n) is 7.58. The third-order valence-corrected chi connectivity index (χ3v) is 4.34. The summed E-state index contributed by atoms with van der Waals surface area (Å²) >= 11 is 3.78. The van der Waals surface area contributed by atoms with E-state index in [1.54, 1.807) is 17.4 Å². The molecule has 1 N–H and O–H groups in total. The van der Waals surface area contributed by atoms with Crippen LogP contribution in [-0.4, -0.2) is 11.7 Å². The first-order valence-electron chi connectivity index (χ1n) is 4.26. The molecule has 0 aliphatic rings. The lowest BCUT2D eigenvalue weighted by atomic mass is 10.2. The monoisotopic (exact) mass is 320 g/mol. The number of phenolic OH excluding ortho intramolecular Hbond substituents is 1. The van der Waals surface area contributed by atoms with E-state index in [4.69, 9.17) is 4.74 Å². The molecule has 14 heavy (non-hydrogen) atoms. The lowest BCUT2D eigenvalue weighted by Crippen LogP contribution is -1.89. The van der Waals surface area contributed by atoms with Gasteiger partial charge in [-0.3, -0.25) is 0 Å². The van der Waals surface area contributed by atoms with Gasteiger partial charge in [0.1, 0.15) is 5.75 Å². The third-order valence-electron chi connectivity index (χ3n) is 1.88. The van der Waals surface area contributed by atoms with Gasteiger partial charge in [-0.25, -0.2) is 0 Å². The molecule has 2 nitrogen and oxygen atoms in total. The second kappa shape index (κ2) is 3.94. The molecule has 0 fully saturated rings. The van der Waals surface area contributed by atoms with Gasteiger partial charge < -0.3 is 9.84 Å². The molecule has 0 atom stereocenters. The fraction of sp³-hybridized carbons (Fsp3) is 0.200. The Morgan fingerprint density at radius 2 is 2.29 bits per heavy atom. The fourth-order valence-electron chi connectivity index (χ4n) is 1.30. The number of hydrogen-bond donors (Lipinski definition) is 1. The first kappa shape index (κ1) is 10.0. The van der Waals surface area contributed by atoms with Crippen LogP contribution in [0.25, 0.3) is 10.1 Å². The fourth-order valence-corrected chi connectivity index (χ4v) is 3.56. The lowest BCUT2D eigenvalue weighted by Gasteiger charge is -1.98. The van der Waals surface area contributed by atoms with Gasteiger partial charge in [0.2, 0.25) is 0 Å². The second-order valence-corrected chi connectivity index (χ2v) is 4.88. The van der Waals surface area contributed by atoms with Gasteiger partial charge in [0.05, 0.1) is 15.6 Å². The van der Waals surface area contributed by atoms with E-state index in [9.17, 15) is 5.11 Å². The molecule has 0 aliphatic heterocycles. The summed E-state index contributed by atoms with van der Waals surface area (Å²) in [6, 6.07) is 5.54. The SMILES string of the molecule is CCOc1sc2cccc(O)c2c1I. The van der Waals surface area contributed by atoms with Crippen LogP contribution in [0.5, 0.6) is 10.8 Å². The van der Waals surface area contributed by atoms with Crippen molar-refractivity contribution in [3.05, 3.63) is 21.8 Å². The van der Waals surface area contributed by atoms with Crippen molar-refractivity contribution >= 4 is 44.0 Å². The Balaban J connectivity index is 2.68. The van der Waals surface area contributed by atoms with Crippen molar-refractivity contribution in [2.75, 3.05) is 6.61 Å². The summed E-state index contributed by atoms with van der Waals surface area (Å²) in [5, 5.41) is 11.5. The van der Waals surface area contributed by atoms with E-state index in [0.29, 0.717) is 12.4 Å². The van der Waals surface area contributed by atoms with E-state index in [-0.39, 0.29) is 0 Å². The third kappa shape index (κ3) is 1.56. The molecule has 2 aromatic rings. The van der Waals surface area contributed by atoms with Gasteiger partial charge in [0, 0.05) is 4.70 Å². The lowest BCUT2D eigenvalue weighted by molar-refractivity contribution is 0.348. The van der Waals surface area contributed by atoms with Crippen LogP contribution >= 0.6 is 33.9 Å². The predicted octanol–water partition coefficient (Wildman–Crippen LogP) is 3.61. The van der Waals surface area contributed by atoms with E-state index in [1.165, 1.54) is 0 Å². The highest BCUT2D eigenvalue weighted by Crippen LogP contribution is 2.42. The molecule has 0 spiro atoms. The Morgan fingerprint density at radius 3 is 2.93 bits per heavy atom. The summed E-state index contributed by atoms with van der Waals surface area (Å²) in [6.45, 7) is 2.61. The van der Waals surface area contributed by atoms with Gasteiger partial charge in [-0.05, 0) is 41.6 Å². The van der Waals surface area contributed by atoms with E-state index >= 15 is 0 Å². The topological polar surface area (TPSA) is 29.5 Å². The van der Waals surface area contributed by atoms with Crippen LogP contribution in [0, 0.1) is 3.57 Å². The van der Waals surface area contributed by atoms with E-state index in [2.05, 4.69) is 22.6 Å². The number of benzene rings is 1. The molecule has 0 amide bonds. The van der Waals surface area contributed by atoms with E-state index in [1.807, 2.05) is 19.1 Å². The van der Waals surface area contributed by atoms with Crippen molar-refractivity contribution in [3.63, 3.8) is 0 Å². The summed E-state index contributed by atoms with van der Waals surface area (Å²) in [7, 11) is 0. The molecule has 0 saturated carbocycles. The van der Waals surface area contributed by atoms with Crippen LogP contribution in [0.4, 0.5) is 0 Å². The smallest absolute Gasteiger partial charge is 0.188 e. The predicted molar refractivity (Wildman–Crippen MR) is 67.4 cm³/mol. The zero-order chi connectivity index (χ0) is 10.1. The van der Waals surface area contributed by atoms with Crippen LogP contribution in [0.3, 0.4) is 0 Å². The summed E-state index contributed by atoms with van der Waals surface area (Å²) in [5.41, 5.74) is 0.